The molecule has 0 amide bonds. The first kappa shape index (κ1) is 19.2. The third-order valence-corrected chi connectivity index (χ3v) is 4.34. The van der Waals surface area contributed by atoms with Gasteiger partial charge in [0.15, 0.2) is 0 Å². The normalized spacial score (nSPS) is 16.6. The zero-order chi connectivity index (χ0) is 13.8. The average molecular weight is 341 g/mol. The molecule has 0 spiro atoms. The smallest absolute Gasteiger partial charge is 0.0355 e. The molecule has 1 aliphatic heterocycles. The van der Waals surface area contributed by atoms with E-state index in [1.165, 1.54) is 29.2 Å². The van der Waals surface area contributed by atoms with Crippen molar-refractivity contribution in [1.29, 1.82) is 0 Å². The van der Waals surface area contributed by atoms with Gasteiger partial charge >= 0.3 is 0 Å². The third kappa shape index (κ3) is 4.14. The van der Waals surface area contributed by atoms with Gasteiger partial charge in [0, 0.05) is 32.2 Å². The second-order valence-corrected chi connectivity index (χ2v) is 5.66. The maximum Gasteiger partial charge on any atom is 0.0355 e. The summed E-state index contributed by atoms with van der Waals surface area (Å²) >= 11 is 0. The van der Waals surface area contributed by atoms with Crippen LogP contribution in [-0.2, 0) is 0 Å². The highest BCUT2D eigenvalue weighted by atomic mass is 35.5. The van der Waals surface area contributed by atoms with Crippen molar-refractivity contribution in [3.8, 4) is 0 Å². The Morgan fingerprint density at radius 1 is 1.00 bits per heavy atom. The van der Waals surface area contributed by atoms with Gasteiger partial charge in [-0.2, -0.15) is 0 Å². The van der Waals surface area contributed by atoms with Crippen LogP contribution in [0.2, 0.25) is 0 Å². The Morgan fingerprint density at radius 2 is 1.68 bits per heavy atom. The Hall–Kier alpha value is -0.800. The first-order valence-corrected chi connectivity index (χ1v) is 7.82. The van der Waals surface area contributed by atoms with Gasteiger partial charge in [-0.05, 0) is 22.8 Å². The number of halogens is 2. The highest BCUT2D eigenvalue weighted by Crippen LogP contribution is 2.31. The van der Waals surface area contributed by atoms with Crippen LogP contribution in [0.3, 0.4) is 0 Å². The minimum atomic E-state index is 0. The lowest BCUT2D eigenvalue weighted by Crippen LogP contribution is -2.45. The molecule has 0 saturated carbocycles. The molecule has 2 aromatic carbocycles. The largest absolute Gasteiger partial charge is 0.314 e. The van der Waals surface area contributed by atoms with Crippen LogP contribution in [0.15, 0.2) is 42.5 Å². The highest BCUT2D eigenvalue weighted by molar-refractivity contribution is 5.86. The molecule has 1 heterocycles. The Kier molecular flexibility index (Phi) is 8.19. The zero-order valence-corrected chi connectivity index (χ0v) is 14.8. The summed E-state index contributed by atoms with van der Waals surface area (Å²) in [4.78, 5) is 2.65. The molecule has 0 aromatic heterocycles. The second kappa shape index (κ2) is 9.36. The lowest BCUT2D eigenvalue weighted by atomic mass is 9.94. The van der Waals surface area contributed by atoms with Gasteiger partial charge in [-0.1, -0.05) is 55.8 Å². The van der Waals surface area contributed by atoms with Gasteiger partial charge < -0.3 is 5.32 Å². The van der Waals surface area contributed by atoms with Crippen molar-refractivity contribution in [2.45, 2.75) is 25.8 Å². The van der Waals surface area contributed by atoms with E-state index in [9.17, 15) is 0 Å². The van der Waals surface area contributed by atoms with Crippen LogP contribution in [-0.4, -0.2) is 31.1 Å². The Labute approximate surface area is 146 Å². The van der Waals surface area contributed by atoms with Gasteiger partial charge in [0.05, 0.1) is 0 Å². The van der Waals surface area contributed by atoms with Gasteiger partial charge in [0.2, 0.25) is 0 Å². The molecule has 1 aliphatic rings. The first-order valence-electron chi connectivity index (χ1n) is 7.82. The molecule has 0 radical (unpaired) electrons. The van der Waals surface area contributed by atoms with E-state index in [1.54, 1.807) is 0 Å². The number of rotatable bonds is 4. The van der Waals surface area contributed by atoms with Crippen molar-refractivity contribution >= 4 is 35.6 Å². The molecule has 2 nitrogen and oxygen atoms in total. The summed E-state index contributed by atoms with van der Waals surface area (Å²) in [6.07, 6.45) is 2.48. The molecular formula is C18H26Cl2N2. The maximum atomic E-state index is 3.46. The van der Waals surface area contributed by atoms with Gasteiger partial charge in [-0.15, -0.1) is 24.8 Å². The highest BCUT2D eigenvalue weighted by Gasteiger charge is 2.22. The predicted molar refractivity (Wildman–Crippen MR) is 101 cm³/mol. The average Bonchev–Trinajstić information content (AvgIpc) is 2.53. The molecule has 1 saturated heterocycles. The Bertz CT molecular complexity index is 563. The Morgan fingerprint density at radius 3 is 2.41 bits per heavy atom. The van der Waals surface area contributed by atoms with E-state index in [0.29, 0.717) is 6.04 Å². The molecule has 122 valence electrons. The Balaban J connectivity index is 0.00000121. The van der Waals surface area contributed by atoms with Crippen molar-refractivity contribution in [2.24, 2.45) is 0 Å². The van der Waals surface area contributed by atoms with Crippen LogP contribution in [0.5, 0.6) is 0 Å². The third-order valence-electron chi connectivity index (χ3n) is 4.34. The molecule has 3 rings (SSSR count). The lowest BCUT2D eigenvalue weighted by molar-refractivity contribution is 0.165. The minimum absolute atomic E-state index is 0. The molecule has 1 atom stereocenters. The van der Waals surface area contributed by atoms with Crippen LogP contribution in [0.1, 0.15) is 31.4 Å². The van der Waals surface area contributed by atoms with Crippen molar-refractivity contribution in [2.75, 3.05) is 26.2 Å². The van der Waals surface area contributed by atoms with Crippen LogP contribution in [0.4, 0.5) is 0 Å². The standard InChI is InChI=1S/C18H24N2.2ClH/c1-2-6-18(20-13-11-19-12-14-20)17-10-5-8-15-7-3-4-9-16(15)17;;/h3-5,7-10,18-19H,2,6,11-14H2,1H3;2*1H/t18-;;/m1../s1. The predicted octanol–water partition coefficient (Wildman–Crippen LogP) is 4.43. The van der Waals surface area contributed by atoms with Crippen LogP contribution in [0, 0.1) is 0 Å². The molecule has 1 N–H and O–H groups in total. The molecule has 2 aromatic rings. The monoisotopic (exact) mass is 340 g/mol. The topological polar surface area (TPSA) is 15.3 Å². The number of nitrogens with one attached hydrogen (secondary N) is 1. The maximum absolute atomic E-state index is 3.46. The van der Waals surface area contributed by atoms with E-state index >= 15 is 0 Å². The quantitative estimate of drug-likeness (QED) is 0.885. The van der Waals surface area contributed by atoms with Crippen molar-refractivity contribution in [3.63, 3.8) is 0 Å². The summed E-state index contributed by atoms with van der Waals surface area (Å²) in [7, 11) is 0. The van der Waals surface area contributed by atoms with E-state index in [0.717, 1.165) is 26.2 Å². The molecule has 4 heteroatoms. The summed E-state index contributed by atoms with van der Waals surface area (Å²) in [5.74, 6) is 0. The zero-order valence-electron chi connectivity index (χ0n) is 13.1. The molecule has 0 unspecified atom stereocenters. The van der Waals surface area contributed by atoms with E-state index in [-0.39, 0.29) is 24.8 Å². The molecule has 1 fully saturated rings. The van der Waals surface area contributed by atoms with E-state index in [4.69, 9.17) is 0 Å². The number of benzene rings is 2. The number of hydrogen-bond acceptors (Lipinski definition) is 2. The summed E-state index contributed by atoms with van der Waals surface area (Å²) in [6.45, 7) is 6.85. The molecular weight excluding hydrogens is 315 g/mol. The fraction of sp³-hybridized carbons (Fsp3) is 0.444. The lowest BCUT2D eigenvalue weighted by Gasteiger charge is -2.35. The summed E-state index contributed by atoms with van der Waals surface area (Å²) in [5.41, 5.74) is 1.51. The minimum Gasteiger partial charge on any atom is -0.314 e. The SMILES string of the molecule is CCC[C@H](c1cccc2ccccc12)N1CCNCC1.Cl.Cl. The first-order chi connectivity index (χ1) is 9.90. The number of fused-ring (bicyclic) bond motifs is 1. The summed E-state index contributed by atoms with van der Waals surface area (Å²) < 4.78 is 0. The fourth-order valence-corrected chi connectivity index (χ4v) is 3.34. The second-order valence-electron chi connectivity index (χ2n) is 5.66. The van der Waals surface area contributed by atoms with Gasteiger partial charge in [0.25, 0.3) is 0 Å². The van der Waals surface area contributed by atoms with Crippen molar-refractivity contribution in [1.82, 2.24) is 10.2 Å². The van der Waals surface area contributed by atoms with Crippen molar-refractivity contribution < 1.29 is 0 Å². The number of hydrogen-bond donors (Lipinski definition) is 1. The number of piperazine rings is 1. The van der Waals surface area contributed by atoms with E-state index in [1.807, 2.05) is 0 Å². The van der Waals surface area contributed by atoms with Crippen LogP contribution >= 0.6 is 24.8 Å². The molecule has 22 heavy (non-hydrogen) atoms. The van der Waals surface area contributed by atoms with Crippen molar-refractivity contribution in [3.05, 3.63) is 48.0 Å². The summed E-state index contributed by atoms with van der Waals surface area (Å²) in [5, 5.41) is 6.24. The summed E-state index contributed by atoms with van der Waals surface area (Å²) in [6, 6.07) is 16.1. The van der Waals surface area contributed by atoms with Gasteiger partial charge in [0.1, 0.15) is 0 Å². The van der Waals surface area contributed by atoms with E-state index < -0.39 is 0 Å². The fourth-order valence-electron chi connectivity index (χ4n) is 3.34. The number of nitrogens with zero attached hydrogens (tertiary/aromatic N) is 1. The van der Waals surface area contributed by atoms with Crippen LogP contribution in [0.25, 0.3) is 10.8 Å². The van der Waals surface area contributed by atoms with Gasteiger partial charge in [-0.3, -0.25) is 4.90 Å². The van der Waals surface area contributed by atoms with Gasteiger partial charge in [-0.25, -0.2) is 0 Å². The molecule has 0 aliphatic carbocycles. The van der Waals surface area contributed by atoms with E-state index in [2.05, 4.69) is 59.6 Å². The molecule has 0 bridgehead atoms. The van der Waals surface area contributed by atoms with Crippen LogP contribution < -0.4 is 5.32 Å².